The molecular weight excluding hydrogens is 302 g/mol. The van der Waals surface area contributed by atoms with Gasteiger partial charge in [0.15, 0.2) is 0 Å². The Labute approximate surface area is 132 Å². The molecule has 2 aromatic rings. The summed E-state index contributed by atoms with van der Waals surface area (Å²) >= 11 is 0. The third-order valence-corrected chi connectivity index (χ3v) is 3.58. The highest BCUT2D eigenvalue weighted by Crippen LogP contribution is 2.22. The molecule has 0 saturated carbocycles. The van der Waals surface area contributed by atoms with Crippen molar-refractivity contribution < 1.29 is 18.3 Å². The van der Waals surface area contributed by atoms with Gasteiger partial charge in [0.2, 0.25) is 0 Å². The topological polar surface area (TPSA) is 50.4 Å². The molecule has 1 unspecified atom stereocenters. The van der Waals surface area contributed by atoms with Crippen molar-refractivity contribution in [3.05, 3.63) is 54.1 Å². The smallest absolute Gasteiger partial charge is 0.253 e. The number of ether oxygens (including phenoxy) is 1. The molecule has 23 heavy (non-hydrogen) atoms. The normalized spacial score (nSPS) is 17.0. The Balaban J connectivity index is 1.63. The third kappa shape index (κ3) is 3.84. The van der Waals surface area contributed by atoms with E-state index < -0.39 is 11.6 Å². The molecule has 0 spiro atoms. The molecule has 6 heteroatoms. The first-order chi connectivity index (χ1) is 11.1. The number of hydrogen-bond acceptors (Lipinski definition) is 3. The lowest BCUT2D eigenvalue weighted by atomic mass is 10.2. The zero-order chi connectivity index (χ0) is 16.2. The van der Waals surface area contributed by atoms with E-state index in [1.807, 2.05) is 0 Å². The van der Waals surface area contributed by atoms with Gasteiger partial charge in [-0.3, -0.25) is 4.79 Å². The predicted octanol–water partition coefficient (Wildman–Crippen LogP) is 3.83. The summed E-state index contributed by atoms with van der Waals surface area (Å²) in [5, 5.41) is 5.63. The minimum absolute atomic E-state index is 0.159. The second kappa shape index (κ2) is 6.75. The number of rotatable bonds is 4. The summed E-state index contributed by atoms with van der Waals surface area (Å²) in [4.78, 5) is 11.9. The highest BCUT2D eigenvalue weighted by atomic mass is 19.1. The molecule has 0 aromatic heterocycles. The number of anilines is 3. The second-order valence-corrected chi connectivity index (χ2v) is 5.32. The van der Waals surface area contributed by atoms with Crippen LogP contribution in [0.1, 0.15) is 12.8 Å². The lowest BCUT2D eigenvalue weighted by Gasteiger charge is -2.12. The van der Waals surface area contributed by atoms with Gasteiger partial charge in [0.1, 0.15) is 17.7 Å². The molecular formula is C17H16F2N2O2. The molecule has 0 bridgehead atoms. The van der Waals surface area contributed by atoms with Gasteiger partial charge in [-0.1, -0.05) is 0 Å². The lowest BCUT2D eigenvalue weighted by Crippen LogP contribution is -2.26. The molecule has 1 atom stereocenters. The van der Waals surface area contributed by atoms with E-state index in [9.17, 15) is 13.6 Å². The minimum Gasteiger partial charge on any atom is -0.368 e. The minimum atomic E-state index is -0.666. The molecule has 1 fully saturated rings. The van der Waals surface area contributed by atoms with E-state index in [-0.39, 0.29) is 17.7 Å². The number of carbonyl (C=O) groups excluding carboxylic acids is 1. The van der Waals surface area contributed by atoms with Gasteiger partial charge in [-0.05, 0) is 49.2 Å². The van der Waals surface area contributed by atoms with Crippen molar-refractivity contribution >= 4 is 23.0 Å². The van der Waals surface area contributed by atoms with Crippen LogP contribution in [-0.4, -0.2) is 18.6 Å². The summed E-state index contributed by atoms with van der Waals surface area (Å²) in [7, 11) is 0. The average Bonchev–Trinajstić information content (AvgIpc) is 3.06. The zero-order valence-corrected chi connectivity index (χ0v) is 12.3. The van der Waals surface area contributed by atoms with Crippen LogP contribution in [0.3, 0.4) is 0 Å². The van der Waals surface area contributed by atoms with Gasteiger partial charge in [-0.15, -0.1) is 0 Å². The number of carbonyl (C=O) groups is 1. The average molecular weight is 318 g/mol. The number of halogens is 2. The van der Waals surface area contributed by atoms with Crippen molar-refractivity contribution in [3.63, 3.8) is 0 Å². The first-order valence-electron chi connectivity index (χ1n) is 7.36. The Morgan fingerprint density at radius 3 is 2.48 bits per heavy atom. The number of nitrogens with one attached hydrogen (secondary N) is 2. The maximum atomic E-state index is 13.6. The van der Waals surface area contributed by atoms with Crippen molar-refractivity contribution in [2.24, 2.45) is 0 Å². The maximum Gasteiger partial charge on any atom is 0.253 e. The van der Waals surface area contributed by atoms with Crippen LogP contribution in [0.25, 0.3) is 0 Å². The molecule has 0 radical (unpaired) electrons. The summed E-state index contributed by atoms with van der Waals surface area (Å²) < 4.78 is 31.8. The molecule has 3 rings (SSSR count). The Hall–Kier alpha value is -2.47. The van der Waals surface area contributed by atoms with Gasteiger partial charge in [-0.25, -0.2) is 8.78 Å². The van der Waals surface area contributed by atoms with Crippen LogP contribution >= 0.6 is 0 Å². The fourth-order valence-corrected chi connectivity index (χ4v) is 2.39. The summed E-state index contributed by atoms with van der Waals surface area (Å²) in [5.41, 5.74) is 1.45. The SMILES string of the molecule is O=C(Nc1ccc(Nc2ccc(F)cc2F)cc1)C1CCCO1. The van der Waals surface area contributed by atoms with Crippen molar-refractivity contribution in [2.45, 2.75) is 18.9 Å². The molecule has 1 heterocycles. The van der Waals surface area contributed by atoms with Crippen LogP contribution in [0.15, 0.2) is 42.5 Å². The highest BCUT2D eigenvalue weighted by molar-refractivity contribution is 5.94. The Bertz CT molecular complexity index is 698. The highest BCUT2D eigenvalue weighted by Gasteiger charge is 2.23. The van der Waals surface area contributed by atoms with Crippen molar-refractivity contribution in [1.29, 1.82) is 0 Å². The molecule has 0 aliphatic carbocycles. The number of benzene rings is 2. The maximum absolute atomic E-state index is 13.6. The molecule has 4 nitrogen and oxygen atoms in total. The van der Waals surface area contributed by atoms with Gasteiger partial charge in [0, 0.05) is 24.0 Å². The van der Waals surface area contributed by atoms with E-state index >= 15 is 0 Å². The van der Waals surface area contributed by atoms with Gasteiger partial charge in [-0.2, -0.15) is 0 Å². The standard InChI is InChI=1S/C17H16F2N2O2/c18-11-3-8-15(14(19)10-11)20-12-4-6-13(7-5-12)21-17(22)16-2-1-9-23-16/h3-8,10,16,20H,1-2,9H2,(H,21,22). The Kier molecular flexibility index (Phi) is 4.52. The predicted molar refractivity (Wildman–Crippen MR) is 83.7 cm³/mol. The van der Waals surface area contributed by atoms with E-state index in [1.54, 1.807) is 24.3 Å². The molecule has 1 saturated heterocycles. The fraction of sp³-hybridized carbons (Fsp3) is 0.235. The first-order valence-corrected chi connectivity index (χ1v) is 7.36. The van der Waals surface area contributed by atoms with Crippen molar-refractivity contribution in [2.75, 3.05) is 17.2 Å². The summed E-state index contributed by atoms with van der Waals surface area (Å²) in [6, 6.07) is 10.1. The lowest BCUT2D eigenvalue weighted by molar-refractivity contribution is -0.124. The van der Waals surface area contributed by atoms with Crippen LogP contribution in [0.5, 0.6) is 0 Å². The fourth-order valence-electron chi connectivity index (χ4n) is 2.39. The van der Waals surface area contributed by atoms with E-state index in [0.717, 1.165) is 18.9 Å². The summed E-state index contributed by atoms with van der Waals surface area (Å²) in [6.07, 6.45) is 1.24. The van der Waals surface area contributed by atoms with E-state index in [1.165, 1.54) is 12.1 Å². The molecule has 1 aliphatic heterocycles. The van der Waals surface area contributed by atoms with Crippen LogP contribution in [-0.2, 0) is 9.53 Å². The monoisotopic (exact) mass is 318 g/mol. The van der Waals surface area contributed by atoms with Crippen molar-refractivity contribution in [1.82, 2.24) is 0 Å². The molecule has 1 amide bonds. The van der Waals surface area contributed by atoms with Gasteiger partial charge < -0.3 is 15.4 Å². The molecule has 1 aliphatic rings. The van der Waals surface area contributed by atoms with Crippen LogP contribution in [0.4, 0.5) is 25.8 Å². The largest absolute Gasteiger partial charge is 0.368 e. The number of amides is 1. The Morgan fingerprint density at radius 2 is 1.83 bits per heavy atom. The molecule has 2 N–H and O–H groups in total. The third-order valence-electron chi connectivity index (χ3n) is 3.58. The summed E-state index contributed by atoms with van der Waals surface area (Å²) in [5.74, 6) is -1.45. The van der Waals surface area contributed by atoms with Gasteiger partial charge in [0.05, 0.1) is 5.69 Å². The molecule has 2 aromatic carbocycles. The van der Waals surface area contributed by atoms with E-state index in [4.69, 9.17) is 4.74 Å². The zero-order valence-electron chi connectivity index (χ0n) is 12.3. The summed E-state index contributed by atoms with van der Waals surface area (Å²) in [6.45, 7) is 0.615. The first kappa shape index (κ1) is 15.4. The van der Waals surface area contributed by atoms with Gasteiger partial charge in [0.25, 0.3) is 5.91 Å². The number of hydrogen-bond donors (Lipinski definition) is 2. The Morgan fingerprint density at radius 1 is 1.09 bits per heavy atom. The van der Waals surface area contributed by atoms with Crippen molar-refractivity contribution in [3.8, 4) is 0 Å². The van der Waals surface area contributed by atoms with Crippen LogP contribution in [0, 0.1) is 11.6 Å². The van der Waals surface area contributed by atoms with E-state index in [0.29, 0.717) is 18.0 Å². The van der Waals surface area contributed by atoms with Gasteiger partial charge >= 0.3 is 0 Å². The van der Waals surface area contributed by atoms with Crippen LogP contribution < -0.4 is 10.6 Å². The second-order valence-electron chi connectivity index (χ2n) is 5.32. The van der Waals surface area contributed by atoms with E-state index in [2.05, 4.69) is 10.6 Å². The quantitative estimate of drug-likeness (QED) is 0.901. The van der Waals surface area contributed by atoms with Crippen LogP contribution in [0.2, 0.25) is 0 Å². The molecule has 120 valence electrons.